The van der Waals surface area contributed by atoms with E-state index in [2.05, 4.69) is 10.3 Å². The summed E-state index contributed by atoms with van der Waals surface area (Å²) >= 11 is 0. The van der Waals surface area contributed by atoms with E-state index in [0.717, 1.165) is 27.6 Å². The topological polar surface area (TPSA) is 235 Å². The minimum absolute atomic E-state index is 0.0433. The summed E-state index contributed by atoms with van der Waals surface area (Å²) in [5.41, 5.74) is 4.77. The van der Waals surface area contributed by atoms with Crippen LogP contribution in [0.3, 0.4) is 0 Å². The van der Waals surface area contributed by atoms with Crippen LogP contribution in [0.5, 0.6) is 11.5 Å². The summed E-state index contributed by atoms with van der Waals surface area (Å²) < 4.78 is 25.1. The number of aromatic amines is 1. The highest BCUT2D eigenvalue weighted by molar-refractivity contribution is 5.95. The molecule has 0 radical (unpaired) electrons. The number of rotatable bonds is 14. The van der Waals surface area contributed by atoms with Crippen LogP contribution in [0.1, 0.15) is 17.5 Å². The molecule has 3 aromatic carbocycles. The van der Waals surface area contributed by atoms with Gasteiger partial charge in [0.15, 0.2) is 11.3 Å². The highest BCUT2D eigenvalue weighted by Crippen LogP contribution is 2.34. The van der Waals surface area contributed by atoms with Gasteiger partial charge in [-0.25, -0.2) is 0 Å². The fourth-order valence-electron chi connectivity index (χ4n) is 7.31. The number of carbonyl (C=O) groups excluding carboxylic acids is 1. The Morgan fingerprint density at radius 1 is 0.983 bits per heavy atom. The molecule has 0 spiro atoms. The Hall–Kier alpha value is -6.17. The molecular formula is C42H43N3O13. The van der Waals surface area contributed by atoms with Crippen LogP contribution >= 0.6 is 0 Å². The van der Waals surface area contributed by atoms with E-state index in [1.54, 1.807) is 24.5 Å². The number of carboxylic acids is 1. The molecule has 0 amide bonds. The molecule has 7 N–H and O–H groups in total. The van der Waals surface area contributed by atoms with E-state index in [9.17, 15) is 39.9 Å². The lowest BCUT2D eigenvalue weighted by Gasteiger charge is -2.41. The molecule has 1 fully saturated rings. The molecule has 6 aromatic rings. The normalized spacial score (nSPS) is 20.5. The zero-order valence-corrected chi connectivity index (χ0v) is 31.7. The second kappa shape index (κ2) is 16.7. The first-order valence-corrected chi connectivity index (χ1v) is 18.5. The number of hydrogen-bond acceptors (Lipinski definition) is 13. The van der Waals surface area contributed by atoms with Gasteiger partial charge in [0.2, 0.25) is 12.4 Å². The first-order valence-electron chi connectivity index (χ1n) is 18.5. The smallest absolute Gasteiger partial charge is 0.322 e. The summed E-state index contributed by atoms with van der Waals surface area (Å²) in [5, 5.41) is 55.7. The van der Waals surface area contributed by atoms with Gasteiger partial charge in [0, 0.05) is 35.9 Å². The average molecular weight is 798 g/mol. The molecule has 16 nitrogen and oxygen atoms in total. The number of aliphatic hydroxyl groups excluding tert-OH is 3. The summed E-state index contributed by atoms with van der Waals surface area (Å²) in [6.45, 7) is 2.86. The number of carboxylic acid groups (broad SMARTS) is 1. The van der Waals surface area contributed by atoms with Crippen molar-refractivity contribution >= 4 is 33.8 Å². The number of aliphatic hydroxyl groups is 3. The van der Waals surface area contributed by atoms with Gasteiger partial charge in [-0.1, -0.05) is 29.3 Å². The number of aryl methyl sites for hydroxylation is 2. The number of esters is 1. The van der Waals surface area contributed by atoms with Crippen LogP contribution in [0.25, 0.3) is 44.3 Å². The van der Waals surface area contributed by atoms with Gasteiger partial charge in [-0.05, 0) is 75.3 Å². The number of H-pyrrole nitrogens is 1. The molecule has 16 heteroatoms. The van der Waals surface area contributed by atoms with E-state index >= 15 is 0 Å². The predicted molar refractivity (Wildman–Crippen MR) is 209 cm³/mol. The van der Waals surface area contributed by atoms with Gasteiger partial charge in [0.1, 0.15) is 54.0 Å². The highest BCUT2D eigenvalue weighted by atomic mass is 16.8. The molecule has 0 unspecified atom stereocenters. The van der Waals surface area contributed by atoms with Crippen LogP contribution < -0.4 is 20.3 Å². The van der Waals surface area contributed by atoms with Crippen LogP contribution in [0.4, 0.5) is 0 Å². The maximum atomic E-state index is 13.5. The number of aromatic nitrogens is 2. The molecule has 0 saturated carbocycles. The Labute approximate surface area is 330 Å². The van der Waals surface area contributed by atoms with Gasteiger partial charge in [0.05, 0.1) is 22.7 Å². The molecule has 304 valence electrons. The van der Waals surface area contributed by atoms with Crippen LogP contribution in [0.2, 0.25) is 0 Å². The largest absolute Gasteiger partial charge is 0.508 e. The number of aliphatic carboxylic acids is 1. The number of carbonyl (C=O) groups is 2. The molecule has 0 bridgehead atoms. The van der Waals surface area contributed by atoms with E-state index < -0.39 is 61.2 Å². The average Bonchev–Trinajstić information content (AvgIpc) is 3.78. The van der Waals surface area contributed by atoms with Crippen molar-refractivity contribution < 1.29 is 58.6 Å². The van der Waals surface area contributed by atoms with Gasteiger partial charge in [-0.15, -0.1) is 0 Å². The van der Waals surface area contributed by atoms with Crippen molar-refractivity contribution in [3.05, 3.63) is 107 Å². The minimum atomic E-state index is -1.73. The third kappa shape index (κ3) is 8.00. The minimum Gasteiger partial charge on any atom is -0.508 e. The van der Waals surface area contributed by atoms with E-state index in [-0.39, 0.29) is 46.5 Å². The molecule has 7 rings (SSSR count). The first-order chi connectivity index (χ1) is 27.9. The molecule has 7 atom stereocenters. The Kier molecular flexibility index (Phi) is 11.6. The van der Waals surface area contributed by atoms with Crippen molar-refractivity contribution in [2.75, 3.05) is 20.3 Å². The number of nitrogens with zero attached hydrogens (tertiary/aromatic N) is 1. The van der Waals surface area contributed by atoms with Gasteiger partial charge in [0.25, 0.3) is 0 Å². The summed E-state index contributed by atoms with van der Waals surface area (Å²) in [4.78, 5) is 48.3. The molecule has 1 aliphatic heterocycles. The van der Waals surface area contributed by atoms with E-state index in [0.29, 0.717) is 11.3 Å². The van der Waals surface area contributed by atoms with Crippen LogP contribution in [0.15, 0.2) is 94.6 Å². The molecule has 58 heavy (non-hydrogen) atoms. The summed E-state index contributed by atoms with van der Waals surface area (Å²) in [5.74, 6) is -4.18. The number of phenolic OH excluding ortho intramolecular Hbond substituents is 1. The van der Waals surface area contributed by atoms with Crippen molar-refractivity contribution in [1.82, 2.24) is 15.0 Å². The molecular weight excluding hydrogens is 754 g/mol. The van der Waals surface area contributed by atoms with Gasteiger partial charge in [-0.3, -0.25) is 14.4 Å². The maximum Gasteiger partial charge on any atom is 0.322 e. The molecule has 4 heterocycles. The highest BCUT2D eigenvalue weighted by Gasteiger charge is 2.49. The number of fused-ring (bicyclic) bond motifs is 2. The summed E-state index contributed by atoms with van der Waals surface area (Å²) in [6, 6.07) is 17.4. The van der Waals surface area contributed by atoms with Crippen molar-refractivity contribution in [2.45, 2.75) is 57.0 Å². The van der Waals surface area contributed by atoms with Crippen molar-refractivity contribution in [1.29, 1.82) is 0 Å². The van der Waals surface area contributed by atoms with E-state index in [1.165, 1.54) is 48.4 Å². The fraction of sp³-hybridized carbons (Fsp3) is 0.310. The molecule has 1 aliphatic rings. The maximum absolute atomic E-state index is 13.5. The second-order valence-corrected chi connectivity index (χ2v) is 14.2. The van der Waals surface area contributed by atoms with Crippen molar-refractivity contribution in [2.24, 2.45) is 5.92 Å². The Morgan fingerprint density at radius 2 is 1.72 bits per heavy atom. The Balaban J connectivity index is 1.22. The number of aromatic hydroxyl groups is 1. The SMILES string of the molecule is CN[C@H](CCO)[C@@H](C(=O)O)C(=O)OC[C@@H]1O[C@H](Oc2ccc3c(=O)c(-c4ccc(O)cc4)coc3c2)[C@@H](On2cc3cc[nH]c3c2-c2cc(C)cc(C)c2)[C@H](O)[C@H]1O. The van der Waals surface area contributed by atoms with Crippen molar-refractivity contribution in [3.8, 4) is 33.9 Å². The number of phenols is 1. The zero-order chi connectivity index (χ0) is 41.2. The quantitative estimate of drug-likeness (QED) is 0.0619. The van der Waals surface area contributed by atoms with E-state index in [1.807, 2.05) is 38.1 Å². The van der Waals surface area contributed by atoms with Crippen LogP contribution in [-0.4, -0.2) is 104 Å². The number of hydrogen-bond donors (Lipinski definition) is 7. The summed E-state index contributed by atoms with van der Waals surface area (Å²) in [7, 11) is 1.44. The predicted octanol–water partition coefficient (Wildman–Crippen LogP) is 3.27. The monoisotopic (exact) mass is 797 g/mol. The van der Waals surface area contributed by atoms with Crippen LogP contribution in [0, 0.1) is 19.8 Å². The lowest BCUT2D eigenvalue weighted by molar-refractivity contribution is -0.288. The lowest BCUT2D eigenvalue weighted by Crippen LogP contribution is -2.63. The van der Waals surface area contributed by atoms with E-state index in [4.69, 9.17) is 23.5 Å². The summed E-state index contributed by atoms with van der Waals surface area (Å²) in [6.07, 6.45) is -3.11. The second-order valence-electron chi connectivity index (χ2n) is 14.2. The Morgan fingerprint density at radius 3 is 2.41 bits per heavy atom. The number of nitrogens with one attached hydrogen (secondary N) is 2. The third-order valence-corrected chi connectivity index (χ3v) is 10.2. The van der Waals surface area contributed by atoms with Gasteiger partial charge < -0.3 is 59.3 Å². The molecule has 0 aliphatic carbocycles. The molecule has 3 aromatic heterocycles. The lowest BCUT2D eigenvalue weighted by atomic mass is 9.97. The fourth-order valence-corrected chi connectivity index (χ4v) is 7.31. The first kappa shape index (κ1) is 40.0. The Bertz CT molecular complexity index is 2470. The van der Waals surface area contributed by atoms with Gasteiger partial charge >= 0.3 is 11.9 Å². The van der Waals surface area contributed by atoms with Crippen LogP contribution in [-0.2, 0) is 19.1 Å². The third-order valence-electron chi connectivity index (χ3n) is 10.2. The standard InChI is InChI=1S/C42H43N3O13/c1-21-14-22(2)16-25(15-21)35-34-24(10-12-44-34)18-45(35)58-39-38(50)37(49)32(20-55-41(53)33(40(51)52)30(43-3)11-13-46)57-42(39)56-27-8-9-28-31(17-27)54-19-29(36(28)48)23-4-6-26(47)7-5-23/h4-10,12,14-19,30,32-33,37-39,42-44,46-47,49-50H,11,13,20H2,1-3H3,(H,51,52)/t30-,32+,33+,37+,38-,39+,42+/m1/s1. The molecule has 1 saturated heterocycles. The number of benzene rings is 3. The van der Waals surface area contributed by atoms with Gasteiger partial charge in [-0.2, -0.15) is 4.73 Å². The van der Waals surface area contributed by atoms with Crippen molar-refractivity contribution in [3.63, 3.8) is 0 Å². The number of ether oxygens (including phenoxy) is 3. The zero-order valence-electron chi connectivity index (χ0n) is 31.7.